The number of anilines is 1. The average Bonchev–Trinajstić information content (AvgIpc) is 2.44. The van der Waals surface area contributed by atoms with Crippen molar-refractivity contribution >= 4 is 27.5 Å². The Labute approximate surface area is 127 Å². The smallest absolute Gasteiger partial charge is 0.231 e. The number of hydrogen-bond acceptors (Lipinski definition) is 2. The summed E-state index contributed by atoms with van der Waals surface area (Å²) in [5.41, 5.74) is 0.146. The zero-order valence-corrected chi connectivity index (χ0v) is 13.2. The largest absolute Gasteiger partial charge is 0.325 e. The summed E-state index contributed by atoms with van der Waals surface area (Å²) in [5, 5.41) is 6.17. The molecule has 0 radical (unpaired) electrons. The lowest BCUT2D eigenvalue weighted by atomic mass is 9.76. The van der Waals surface area contributed by atoms with Crippen LogP contribution in [0.25, 0.3) is 0 Å². The molecule has 1 aliphatic heterocycles. The van der Waals surface area contributed by atoms with Crippen molar-refractivity contribution in [1.29, 1.82) is 0 Å². The summed E-state index contributed by atoms with van der Waals surface area (Å²) in [6.45, 7) is 3.75. The van der Waals surface area contributed by atoms with E-state index >= 15 is 0 Å². The van der Waals surface area contributed by atoms with E-state index in [9.17, 15) is 9.18 Å². The second-order valence-corrected chi connectivity index (χ2v) is 6.25. The first-order chi connectivity index (χ1) is 9.57. The first-order valence-corrected chi connectivity index (χ1v) is 7.84. The first-order valence-electron chi connectivity index (χ1n) is 7.04. The van der Waals surface area contributed by atoms with E-state index in [1.165, 1.54) is 6.07 Å². The van der Waals surface area contributed by atoms with Gasteiger partial charge < -0.3 is 10.6 Å². The topological polar surface area (TPSA) is 41.1 Å². The number of carbonyl (C=O) groups excluding carboxylic acids is 1. The van der Waals surface area contributed by atoms with Crippen LogP contribution in [0, 0.1) is 11.2 Å². The van der Waals surface area contributed by atoms with E-state index in [1.807, 2.05) is 0 Å². The Hall–Kier alpha value is -0.940. The van der Waals surface area contributed by atoms with Gasteiger partial charge in [-0.2, -0.15) is 0 Å². The molecule has 1 aromatic carbocycles. The molecular formula is C15H20BrFN2O. The van der Waals surface area contributed by atoms with Crippen molar-refractivity contribution in [1.82, 2.24) is 5.32 Å². The molecule has 1 unspecified atom stereocenters. The molecule has 110 valence electrons. The molecular weight excluding hydrogens is 323 g/mol. The van der Waals surface area contributed by atoms with Crippen molar-refractivity contribution in [2.45, 2.75) is 32.6 Å². The van der Waals surface area contributed by atoms with E-state index in [4.69, 9.17) is 0 Å². The monoisotopic (exact) mass is 342 g/mol. The van der Waals surface area contributed by atoms with E-state index in [-0.39, 0.29) is 17.1 Å². The fraction of sp³-hybridized carbons (Fsp3) is 0.533. The minimum Gasteiger partial charge on any atom is -0.325 e. The molecule has 20 heavy (non-hydrogen) atoms. The van der Waals surface area contributed by atoms with E-state index in [0.29, 0.717) is 16.7 Å². The third kappa shape index (κ3) is 3.38. The zero-order valence-electron chi connectivity index (χ0n) is 11.6. The molecule has 2 N–H and O–H groups in total. The number of halogens is 2. The van der Waals surface area contributed by atoms with E-state index in [0.717, 1.165) is 32.2 Å². The predicted molar refractivity (Wildman–Crippen MR) is 82.2 cm³/mol. The molecule has 0 aromatic heterocycles. The van der Waals surface area contributed by atoms with Crippen LogP contribution in [0.15, 0.2) is 22.7 Å². The van der Waals surface area contributed by atoms with Crippen LogP contribution in [0.4, 0.5) is 10.1 Å². The Kier molecular flexibility index (Phi) is 5.16. The Morgan fingerprint density at radius 2 is 2.35 bits per heavy atom. The minimum atomic E-state index is -0.367. The number of piperidine rings is 1. The molecule has 1 saturated heterocycles. The lowest BCUT2D eigenvalue weighted by Crippen LogP contribution is -2.48. The van der Waals surface area contributed by atoms with Gasteiger partial charge in [0, 0.05) is 12.2 Å². The van der Waals surface area contributed by atoms with Gasteiger partial charge in [-0.25, -0.2) is 4.39 Å². The first kappa shape index (κ1) is 15.4. The molecule has 1 amide bonds. The van der Waals surface area contributed by atoms with Crippen molar-refractivity contribution in [3.63, 3.8) is 0 Å². The highest BCUT2D eigenvalue weighted by molar-refractivity contribution is 9.10. The van der Waals surface area contributed by atoms with Crippen molar-refractivity contribution < 1.29 is 9.18 Å². The third-order valence-corrected chi connectivity index (χ3v) is 4.50. The van der Waals surface area contributed by atoms with E-state index in [2.05, 4.69) is 33.5 Å². The Morgan fingerprint density at radius 3 is 2.95 bits per heavy atom. The van der Waals surface area contributed by atoms with Crippen LogP contribution in [-0.2, 0) is 4.79 Å². The van der Waals surface area contributed by atoms with E-state index in [1.54, 1.807) is 12.1 Å². The van der Waals surface area contributed by atoms with Crippen molar-refractivity contribution in [3.05, 3.63) is 28.5 Å². The van der Waals surface area contributed by atoms with Gasteiger partial charge in [-0.1, -0.05) is 13.3 Å². The van der Waals surface area contributed by atoms with Crippen LogP contribution in [0.5, 0.6) is 0 Å². The number of rotatable bonds is 4. The van der Waals surface area contributed by atoms with Gasteiger partial charge in [0.1, 0.15) is 5.82 Å². The minimum absolute atomic E-state index is 0.00623. The van der Waals surface area contributed by atoms with Gasteiger partial charge >= 0.3 is 0 Å². The molecule has 1 atom stereocenters. The summed E-state index contributed by atoms with van der Waals surface area (Å²) in [5.74, 6) is -0.373. The van der Waals surface area contributed by atoms with Crippen LogP contribution in [0.1, 0.15) is 32.6 Å². The number of amides is 1. The van der Waals surface area contributed by atoms with Gasteiger partial charge in [-0.3, -0.25) is 4.79 Å². The van der Waals surface area contributed by atoms with Crippen molar-refractivity contribution in [3.8, 4) is 0 Å². The van der Waals surface area contributed by atoms with Gasteiger partial charge in [0.2, 0.25) is 5.91 Å². The molecule has 0 aliphatic carbocycles. The maximum Gasteiger partial charge on any atom is 0.231 e. The highest BCUT2D eigenvalue weighted by Gasteiger charge is 2.38. The molecule has 5 heteroatoms. The van der Waals surface area contributed by atoms with E-state index < -0.39 is 0 Å². The molecule has 0 spiro atoms. The fourth-order valence-electron chi connectivity index (χ4n) is 2.80. The Balaban J connectivity index is 2.13. The quantitative estimate of drug-likeness (QED) is 0.875. The highest BCUT2D eigenvalue weighted by atomic mass is 79.9. The molecule has 1 fully saturated rings. The number of nitrogens with one attached hydrogen (secondary N) is 2. The number of carbonyl (C=O) groups is 1. The second-order valence-electron chi connectivity index (χ2n) is 5.39. The molecule has 1 aromatic rings. The molecule has 0 saturated carbocycles. The van der Waals surface area contributed by atoms with Crippen LogP contribution in [-0.4, -0.2) is 19.0 Å². The molecule has 1 heterocycles. The second kappa shape index (κ2) is 6.68. The molecule has 0 bridgehead atoms. The maximum atomic E-state index is 13.5. The van der Waals surface area contributed by atoms with Crippen LogP contribution in [0.3, 0.4) is 0 Å². The maximum absolute atomic E-state index is 13.5. The predicted octanol–water partition coefficient (Wildman–Crippen LogP) is 3.70. The zero-order chi connectivity index (χ0) is 14.6. The van der Waals surface area contributed by atoms with Crippen LogP contribution < -0.4 is 10.6 Å². The van der Waals surface area contributed by atoms with Crippen molar-refractivity contribution in [2.24, 2.45) is 5.41 Å². The highest BCUT2D eigenvalue weighted by Crippen LogP contribution is 2.33. The standard InChI is InChI=1S/C15H20BrFN2O/c1-2-6-15(7-3-8-18-10-15)14(20)19-11-4-5-12(16)13(17)9-11/h4-5,9,18H,2-3,6-8,10H2,1H3,(H,19,20). The normalized spacial score (nSPS) is 22.6. The number of hydrogen-bond donors (Lipinski definition) is 2. The summed E-state index contributed by atoms with van der Waals surface area (Å²) >= 11 is 3.11. The lowest BCUT2D eigenvalue weighted by Gasteiger charge is -2.36. The lowest BCUT2D eigenvalue weighted by molar-refractivity contribution is -0.127. The summed E-state index contributed by atoms with van der Waals surface area (Å²) in [7, 11) is 0. The third-order valence-electron chi connectivity index (χ3n) is 3.86. The van der Waals surface area contributed by atoms with Gasteiger partial charge in [0.25, 0.3) is 0 Å². The van der Waals surface area contributed by atoms with Crippen LogP contribution in [0.2, 0.25) is 0 Å². The SMILES string of the molecule is CCCC1(C(=O)Nc2ccc(Br)c(F)c2)CCCNC1. The van der Waals surface area contributed by atoms with Crippen LogP contribution >= 0.6 is 15.9 Å². The average molecular weight is 343 g/mol. The Bertz CT molecular complexity index is 481. The van der Waals surface area contributed by atoms with Crippen molar-refractivity contribution in [2.75, 3.05) is 18.4 Å². The van der Waals surface area contributed by atoms with Gasteiger partial charge in [0.15, 0.2) is 0 Å². The van der Waals surface area contributed by atoms with Gasteiger partial charge in [0.05, 0.1) is 9.89 Å². The fourth-order valence-corrected chi connectivity index (χ4v) is 3.05. The Morgan fingerprint density at radius 1 is 1.55 bits per heavy atom. The molecule has 3 nitrogen and oxygen atoms in total. The van der Waals surface area contributed by atoms with Gasteiger partial charge in [-0.05, 0) is 59.9 Å². The van der Waals surface area contributed by atoms with Gasteiger partial charge in [-0.15, -0.1) is 0 Å². The molecule has 1 aliphatic rings. The summed E-state index contributed by atoms with van der Waals surface area (Å²) < 4.78 is 13.9. The number of benzene rings is 1. The summed E-state index contributed by atoms with van der Waals surface area (Å²) in [6, 6.07) is 4.66. The summed E-state index contributed by atoms with van der Waals surface area (Å²) in [6.07, 6.45) is 3.70. The summed E-state index contributed by atoms with van der Waals surface area (Å²) in [4.78, 5) is 12.6. The molecule has 2 rings (SSSR count).